The summed E-state index contributed by atoms with van der Waals surface area (Å²) in [5, 5.41) is 0. The molecule has 0 saturated heterocycles. The molecule has 2 aliphatic carbocycles. The Hall–Kier alpha value is -3.09. The summed E-state index contributed by atoms with van der Waals surface area (Å²) in [6.45, 7) is 4.27. The molecule has 4 aromatic rings. The van der Waals surface area contributed by atoms with Crippen LogP contribution >= 0.6 is 0 Å². The van der Waals surface area contributed by atoms with Crippen molar-refractivity contribution in [2.24, 2.45) is 0 Å². The van der Waals surface area contributed by atoms with Crippen LogP contribution in [0, 0.1) is 27.0 Å². The quantitative estimate of drug-likeness (QED) is 0.190. The van der Waals surface area contributed by atoms with Crippen molar-refractivity contribution in [2.75, 3.05) is 19.0 Å². The minimum atomic E-state index is 0. The monoisotopic (exact) mass is 587 g/mol. The fraction of sp³-hybridized carbons (Fsp3) is 0.162. The van der Waals surface area contributed by atoms with Crippen molar-refractivity contribution in [1.29, 1.82) is 0 Å². The molecule has 0 unspecified atom stereocenters. The summed E-state index contributed by atoms with van der Waals surface area (Å²) in [6, 6.07) is 37.3. The van der Waals surface area contributed by atoms with Gasteiger partial charge in [-0.15, -0.1) is 30.5 Å². The summed E-state index contributed by atoms with van der Waals surface area (Å²) in [5.74, 6) is 0. The maximum atomic E-state index is 3.36. The molecule has 200 valence electrons. The number of nitrogens with zero attached hydrogens (tertiary/aromatic N) is 1. The van der Waals surface area contributed by atoms with Gasteiger partial charge in [-0.25, -0.2) is 11.6 Å². The van der Waals surface area contributed by atoms with Gasteiger partial charge in [0, 0.05) is 14.1 Å². The van der Waals surface area contributed by atoms with E-state index in [1.807, 2.05) is 6.07 Å². The van der Waals surface area contributed by atoms with E-state index in [1.165, 1.54) is 77.7 Å². The Balaban J connectivity index is 0.000000214. The summed E-state index contributed by atoms with van der Waals surface area (Å²) in [4.78, 5) is 2.18. The molecule has 0 radical (unpaired) electrons. The normalized spacial score (nSPS) is 11.9. The number of benzene rings is 4. The van der Waals surface area contributed by atoms with Crippen molar-refractivity contribution in [1.82, 2.24) is 0 Å². The Kier molecular flexibility index (Phi) is 12.8. The fourth-order valence-electron chi connectivity index (χ4n) is 4.45. The van der Waals surface area contributed by atoms with Gasteiger partial charge in [-0.2, -0.15) is 17.7 Å². The average molecular weight is 589 g/mol. The van der Waals surface area contributed by atoms with Crippen molar-refractivity contribution in [3.05, 3.63) is 164 Å². The second-order valence-electron chi connectivity index (χ2n) is 9.54. The number of fused-ring (bicyclic) bond motifs is 3. The van der Waals surface area contributed by atoms with E-state index in [1.54, 1.807) is 0 Å². The van der Waals surface area contributed by atoms with Crippen LogP contribution in [-0.4, -0.2) is 17.3 Å². The molecule has 4 aromatic carbocycles. The molecule has 0 amide bonds. The molecule has 0 fully saturated rings. The molecular formula is C37H39NZr-4. The van der Waals surface area contributed by atoms with Crippen LogP contribution in [0.3, 0.4) is 0 Å². The van der Waals surface area contributed by atoms with Crippen molar-refractivity contribution in [3.63, 3.8) is 0 Å². The third-order valence-electron chi connectivity index (χ3n) is 6.68. The minimum absolute atomic E-state index is 0. The molecule has 0 heterocycles. The second-order valence-corrected chi connectivity index (χ2v) is 10.8. The summed E-state index contributed by atoms with van der Waals surface area (Å²) < 4.78 is 1.42. The van der Waals surface area contributed by atoms with Crippen molar-refractivity contribution >= 4 is 8.89 Å². The van der Waals surface area contributed by atoms with Gasteiger partial charge in [0.25, 0.3) is 0 Å². The first-order valence-electron chi connectivity index (χ1n) is 12.7. The molecule has 2 aliphatic rings. The van der Waals surface area contributed by atoms with Gasteiger partial charge in [-0.1, -0.05) is 48.0 Å². The van der Waals surface area contributed by atoms with Crippen molar-refractivity contribution in [2.45, 2.75) is 26.7 Å². The van der Waals surface area contributed by atoms with Crippen LogP contribution in [0.4, 0.5) is 5.69 Å². The average Bonchev–Trinajstić information content (AvgIpc) is 3.51. The second kappa shape index (κ2) is 15.5. The van der Waals surface area contributed by atoms with Crippen LogP contribution in [0.5, 0.6) is 0 Å². The molecular weight excluding hydrogens is 550 g/mol. The Morgan fingerprint density at radius 1 is 0.769 bits per heavy atom. The van der Waals surface area contributed by atoms with Crippen LogP contribution in [0.25, 0.3) is 11.1 Å². The number of anilines is 1. The maximum absolute atomic E-state index is 3.36. The molecule has 0 N–H and O–H groups in total. The first-order chi connectivity index (χ1) is 18.0. The van der Waals surface area contributed by atoms with Gasteiger partial charge in [0.05, 0.1) is 0 Å². The molecule has 0 aliphatic heterocycles. The Morgan fingerprint density at radius 3 is 1.82 bits per heavy atom. The van der Waals surface area contributed by atoms with Crippen LogP contribution in [0.1, 0.15) is 42.5 Å². The molecule has 0 spiro atoms. The van der Waals surface area contributed by atoms with E-state index in [4.69, 9.17) is 0 Å². The van der Waals surface area contributed by atoms with Gasteiger partial charge in [0.2, 0.25) is 0 Å². The van der Waals surface area contributed by atoms with Gasteiger partial charge < -0.3 is 19.8 Å². The Bertz CT molecular complexity index is 1370. The SMILES string of the molecule is CC1=C(C)C[C-]=C1.CN(C)c1cc[c-]c2c1-c1ccccc1C2.[CH3-].[CH3-].[Zr]=[C](c1ccccc1)c1ccccc1. The van der Waals surface area contributed by atoms with Gasteiger partial charge in [-0.3, -0.25) is 6.08 Å². The van der Waals surface area contributed by atoms with Gasteiger partial charge >= 0.3 is 99.2 Å². The van der Waals surface area contributed by atoms with Gasteiger partial charge in [0.1, 0.15) is 0 Å². The van der Waals surface area contributed by atoms with Crippen LogP contribution in [0.2, 0.25) is 0 Å². The predicted octanol–water partition coefficient (Wildman–Crippen LogP) is 8.91. The van der Waals surface area contributed by atoms with E-state index in [0.29, 0.717) is 0 Å². The summed E-state index contributed by atoms with van der Waals surface area (Å²) in [7, 11) is 4.19. The first kappa shape index (κ1) is 32.1. The molecule has 1 nitrogen and oxygen atoms in total. The van der Waals surface area contributed by atoms with Gasteiger partial charge in [-0.05, 0) is 6.42 Å². The summed E-state index contributed by atoms with van der Waals surface area (Å²) in [6.07, 6.45) is 7.24. The molecule has 0 bridgehead atoms. The third kappa shape index (κ3) is 8.20. The Labute approximate surface area is 252 Å². The number of hydrogen-bond donors (Lipinski definition) is 0. The van der Waals surface area contributed by atoms with E-state index in [2.05, 4.69) is 142 Å². The summed E-state index contributed by atoms with van der Waals surface area (Å²) >= 11 is 1.46. The predicted molar refractivity (Wildman–Crippen MR) is 168 cm³/mol. The first-order valence-corrected chi connectivity index (χ1v) is 13.9. The van der Waals surface area contributed by atoms with E-state index in [0.717, 1.165) is 12.8 Å². The number of allylic oxidation sites excluding steroid dienone is 4. The van der Waals surface area contributed by atoms with E-state index < -0.39 is 0 Å². The van der Waals surface area contributed by atoms with Crippen LogP contribution < -0.4 is 4.90 Å². The zero-order valence-corrected chi connectivity index (χ0v) is 26.6. The third-order valence-corrected chi connectivity index (χ3v) is 8.10. The molecule has 0 atom stereocenters. The van der Waals surface area contributed by atoms with Crippen LogP contribution in [0.15, 0.2) is 114 Å². The topological polar surface area (TPSA) is 3.24 Å². The fourth-order valence-corrected chi connectivity index (χ4v) is 5.27. The number of hydrogen-bond acceptors (Lipinski definition) is 1. The van der Waals surface area contributed by atoms with E-state index in [9.17, 15) is 0 Å². The van der Waals surface area contributed by atoms with E-state index in [-0.39, 0.29) is 14.9 Å². The van der Waals surface area contributed by atoms with Gasteiger partial charge in [0.15, 0.2) is 0 Å². The zero-order valence-electron chi connectivity index (χ0n) is 24.2. The molecule has 0 aromatic heterocycles. The standard InChI is InChI=1S/C15H14N.C13H10.C7H9.2CH3.Zr/c1-16(2)14-9-5-7-12-10-11-6-3-4-8-13(11)15(12)14;1-3-7-12(8-4-1)11-13-9-5-2-6-10-13;1-6-4-3-5-7(6)2;;;/h3-6,8-9H,10H2,1-2H3;1-10H;4H,5H2,1-2H3;2*1H3;/q-1;;3*-1;. The summed E-state index contributed by atoms with van der Waals surface area (Å²) in [5.41, 5.74) is 12.3. The zero-order chi connectivity index (χ0) is 26.2. The van der Waals surface area contributed by atoms with E-state index >= 15 is 0 Å². The molecule has 2 heteroatoms. The van der Waals surface area contributed by atoms with Crippen molar-refractivity contribution in [3.8, 4) is 11.1 Å². The molecule has 6 rings (SSSR count). The Morgan fingerprint density at radius 2 is 1.33 bits per heavy atom. The molecule has 0 saturated carbocycles. The molecule has 39 heavy (non-hydrogen) atoms. The number of rotatable bonds is 3. The van der Waals surface area contributed by atoms with Crippen LogP contribution in [-0.2, 0) is 30.7 Å². The van der Waals surface area contributed by atoms with Crippen molar-refractivity contribution < 1.29 is 24.2 Å².